The van der Waals surface area contributed by atoms with E-state index in [1.54, 1.807) is 7.11 Å². The van der Waals surface area contributed by atoms with E-state index in [2.05, 4.69) is 10.3 Å². The summed E-state index contributed by atoms with van der Waals surface area (Å²) in [6.07, 6.45) is 1.18. The van der Waals surface area contributed by atoms with Crippen LogP contribution in [0, 0.1) is 0 Å². The molecule has 1 aromatic carbocycles. The number of methoxy groups -OCH3 is 1. The van der Waals surface area contributed by atoms with Gasteiger partial charge in [0.15, 0.2) is 5.96 Å². The zero-order valence-corrected chi connectivity index (χ0v) is 16.5. The topological polar surface area (TPSA) is 62.0 Å². The van der Waals surface area contributed by atoms with Gasteiger partial charge in [0.1, 0.15) is 5.75 Å². The summed E-state index contributed by atoms with van der Waals surface area (Å²) in [5.74, 6) is 1.45. The molecule has 6 nitrogen and oxygen atoms in total. The van der Waals surface area contributed by atoms with Gasteiger partial charge in [0, 0.05) is 32.5 Å². The SMILES string of the molecule is CCNC(=NCC(O)c1cccc(OC)c1)N(C)Cc1cc(Cl)cn1C. The van der Waals surface area contributed by atoms with E-state index in [0.29, 0.717) is 11.6 Å². The maximum atomic E-state index is 10.4. The van der Waals surface area contributed by atoms with E-state index in [1.807, 2.05) is 67.0 Å². The Labute approximate surface area is 160 Å². The molecule has 2 rings (SSSR count). The number of aryl methyl sites for hydroxylation is 1. The minimum Gasteiger partial charge on any atom is -0.497 e. The fourth-order valence-electron chi connectivity index (χ4n) is 2.64. The highest BCUT2D eigenvalue weighted by Gasteiger charge is 2.12. The number of benzene rings is 1. The van der Waals surface area contributed by atoms with Crippen molar-refractivity contribution in [1.29, 1.82) is 0 Å². The third-order valence-corrected chi connectivity index (χ3v) is 4.27. The summed E-state index contributed by atoms with van der Waals surface area (Å²) in [6, 6.07) is 9.33. The molecule has 0 aliphatic carbocycles. The molecule has 26 heavy (non-hydrogen) atoms. The molecule has 142 valence electrons. The highest BCUT2D eigenvalue weighted by atomic mass is 35.5. The van der Waals surface area contributed by atoms with E-state index >= 15 is 0 Å². The van der Waals surface area contributed by atoms with Crippen molar-refractivity contribution in [2.75, 3.05) is 27.2 Å². The van der Waals surface area contributed by atoms with Crippen LogP contribution in [0.25, 0.3) is 0 Å². The lowest BCUT2D eigenvalue weighted by molar-refractivity contribution is 0.186. The summed E-state index contributed by atoms with van der Waals surface area (Å²) in [4.78, 5) is 6.58. The van der Waals surface area contributed by atoms with Crippen LogP contribution in [0.3, 0.4) is 0 Å². The highest BCUT2D eigenvalue weighted by molar-refractivity contribution is 6.30. The third kappa shape index (κ3) is 5.41. The van der Waals surface area contributed by atoms with E-state index in [4.69, 9.17) is 16.3 Å². The van der Waals surface area contributed by atoms with Crippen molar-refractivity contribution >= 4 is 17.6 Å². The van der Waals surface area contributed by atoms with Gasteiger partial charge in [-0.3, -0.25) is 4.99 Å². The molecule has 0 aliphatic heterocycles. The lowest BCUT2D eigenvalue weighted by Crippen LogP contribution is -2.39. The molecule has 1 unspecified atom stereocenters. The standard InChI is InChI=1S/C19H27ClN4O2/c1-5-21-19(24(3)13-16-10-15(20)12-23(16)2)22-11-18(25)14-7-6-8-17(9-14)26-4/h6-10,12,18,25H,5,11,13H2,1-4H3,(H,21,22). The average Bonchev–Trinajstić information content (AvgIpc) is 2.95. The molecule has 2 N–H and O–H groups in total. The summed E-state index contributed by atoms with van der Waals surface area (Å²) < 4.78 is 7.20. The van der Waals surface area contributed by atoms with E-state index in [-0.39, 0.29) is 6.54 Å². The fraction of sp³-hybridized carbons (Fsp3) is 0.421. The largest absolute Gasteiger partial charge is 0.497 e. The van der Waals surface area contributed by atoms with Gasteiger partial charge in [-0.1, -0.05) is 23.7 Å². The fourth-order valence-corrected chi connectivity index (χ4v) is 2.91. The summed E-state index contributed by atoms with van der Waals surface area (Å²) in [5.41, 5.74) is 1.86. The Bertz CT molecular complexity index is 745. The van der Waals surface area contributed by atoms with Crippen LogP contribution in [0.1, 0.15) is 24.3 Å². The van der Waals surface area contributed by atoms with Crippen LogP contribution in [0.5, 0.6) is 5.75 Å². The van der Waals surface area contributed by atoms with Gasteiger partial charge in [-0.05, 0) is 30.7 Å². The lowest BCUT2D eigenvalue weighted by Gasteiger charge is -2.23. The molecule has 0 fully saturated rings. The van der Waals surface area contributed by atoms with Gasteiger partial charge < -0.3 is 24.6 Å². The van der Waals surface area contributed by atoms with Crippen molar-refractivity contribution in [1.82, 2.24) is 14.8 Å². The number of nitrogens with zero attached hydrogens (tertiary/aromatic N) is 3. The van der Waals surface area contributed by atoms with Crippen LogP contribution in [0.2, 0.25) is 5.02 Å². The maximum absolute atomic E-state index is 10.4. The van der Waals surface area contributed by atoms with Crippen LogP contribution in [-0.2, 0) is 13.6 Å². The maximum Gasteiger partial charge on any atom is 0.194 e. The quantitative estimate of drug-likeness (QED) is 0.574. The number of hydrogen-bond acceptors (Lipinski definition) is 3. The Kier molecular flexibility index (Phi) is 7.36. The smallest absolute Gasteiger partial charge is 0.194 e. The summed E-state index contributed by atoms with van der Waals surface area (Å²) >= 11 is 6.06. The normalized spacial score (nSPS) is 12.8. The molecule has 1 aromatic heterocycles. The van der Waals surface area contributed by atoms with Gasteiger partial charge in [0.25, 0.3) is 0 Å². The van der Waals surface area contributed by atoms with Crippen LogP contribution in [-0.4, -0.2) is 47.8 Å². The molecule has 0 aliphatic rings. The van der Waals surface area contributed by atoms with E-state index in [1.165, 1.54) is 0 Å². The number of aliphatic hydroxyl groups is 1. The first-order chi connectivity index (χ1) is 12.4. The number of halogens is 1. The zero-order valence-electron chi connectivity index (χ0n) is 15.7. The second kappa shape index (κ2) is 9.50. The van der Waals surface area contributed by atoms with Crippen molar-refractivity contribution in [3.05, 3.63) is 52.8 Å². The van der Waals surface area contributed by atoms with Gasteiger partial charge in [0.2, 0.25) is 0 Å². The summed E-state index contributed by atoms with van der Waals surface area (Å²) in [6.45, 7) is 3.67. The first kappa shape index (κ1) is 20.1. The van der Waals surface area contributed by atoms with Gasteiger partial charge in [-0.2, -0.15) is 0 Å². The number of nitrogens with one attached hydrogen (secondary N) is 1. The van der Waals surface area contributed by atoms with E-state index in [0.717, 1.165) is 29.5 Å². The van der Waals surface area contributed by atoms with Crippen LogP contribution < -0.4 is 10.1 Å². The van der Waals surface area contributed by atoms with Gasteiger partial charge in [0.05, 0.1) is 31.3 Å². The first-order valence-corrected chi connectivity index (χ1v) is 8.94. The molecular formula is C19H27ClN4O2. The van der Waals surface area contributed by atoms with Gasteiger partial charge in [-0.15, -0.1) is 0 Å². The molecule has 0 saturated heterocycles. The van der Waals surface area contributed by atoms with E-state index < -0.39 is 6.10 Å². The summed E-state index contributed by atoms with van der Waals surface area (Å²) in [5, 5.41) is 14.4. The van der Waals surface area contributed by atoms with Crippen molar-refractivity contribution in [3.8, 4) is 5.75 Å². The number of aromatic nitrogens is 1. The third-order valence-electron chi connectivity index (χ3n) is 4.06. The number of aliphatic imine (C=N–C) groups is 1. The predicted molar refractivity (Wildman–Crippen MR) is 106 cm³/mol. The number of rotatable bonds is 7. The minimum absolute atomic E-state index is 0.258. The Morgan fingerprint density at radius 2 is 2.19 bits per heavy atom. The number of ether oxygens (including phenoxy) is 1. The van der Waals surface area contributed by atoms with Crippen molar-refractivity contribution < 1.29 is 9.84 Å². The average molecular weight is 379 g/mol. The van der Waals surface area contributed by atoms with Gasteiger partial charge in [-0.25, -0.2) is 0 Å². The molecule has 7 heteroatoms. The number of aliphatic hydroxyl groups excluding tert-OH is 1. The van der Waals surface area contributed by atoms with Crippen LogP contribution >= 0.6 is 11.6 Å². The zero-order chi connectivity index (χ0) is 19.1. The number of hydrogen-bond donors (Lipinski definition) is 2. The number of guanidine groups is 1. The lowest BCUT2D eigenvalue weighted by atomic mass is 10.1. The van der Waals surface area contributed by atoms with Crippen molar-refractivity contribution in [2.45, 2.75) is 19.6 Å². The molecule has 0 spiro atoms. The van der Waals surface area contributed by atoms with E-state index in [9.17, 15) is 5.11 Å². The second-order valence-electron chi connectivity index (χ2n) is 6.10. The molecule has 1 atom stereocenters. The van der Waals surface area contributed by atoms with Crippen molar-refractivity contribution in [2.24, 2.45) is 12.0 Å². The molecule has 0 bridgehead atoms. The molecule has 2 aromatic rings. The predicted octanol–water partition coefficient (Wildman–Crippen LogP) is 2.82. The van der Waals surface area contributed by atoms with Gasteiger partial charge >= 0.3 is 0 Å². The Morgan fingerprint density at radius 1 is 1.42 bits per heavy atom. The molecule has 0 radical (unpaired) electrons. The Balaban J connectivity index is 2.08. The second-order valence-corrected chi connectivity index (χ2v) is 6.54. The van der Waals surface area contributed by atoms with Crippen LogP contribution in [0.4, 0.5) is 0 Å². The molecule has 1 heterocycles. The monoisotopic (exact) mass is 378 g/mol. The van der Waals surface area contributed by atoms with Crippen molar-refractivity contribution in [3.63, 3.8) is 0 Å². The molecule has 0 amide bonds. The Morgan fingerprint density at radius 3 is 2.81 bits per heavy atom. The summed E-state index contributed by atoms with van der Waals surface area (Å²) in [7, 11) is 5.53. The van der Waals surface area contributed by atoms with Crippen LogP contribution in [0.15, 0.2) is 41.5 Å². The molecular weight excluding hydrogens is 352 g/mol. The first-order valence-electron chi connectivity index (χ1n) is 8.56. The minimum atomic E-state index is -0.698. The highest BCUT2D eigenvalue weighted by Crippen LogP contribution is 2.19. The Hall–Kier alpha value is -2.18. The molecule has 0 saturated carbocycles.